The molecule has 6 nitrogen and oxygen atoms in total. The minimum atomic E-state index is -0.109. The van der Waals surface area contributed by atoms with Gasteiger partial charge in [-0.05, 0) is 37.1 Å². The van der Waals surface area contributed by atoms with Gasteiger partial charge in [-0.25, -0.2) is 0 Å². The van der Waals surface area contributed by atoms with Gasteiger partial charge in [0.2, 0.25) is 0 Å². The number of nitrogens with one attached hydrogen (secondary N) is 3. The second kappa shape index (κ2) is 7.37. The van der Waals surface area contributed by atoms with Crippen molar-refractivity contribution in [2.24, 2.45) is 0 Å². The molecule has 0 saturated carbocycles. The number of hydrogen-bond donors (Lipinski definition) is 3. The zero-order chi connectivity index (χ0) is 17.1. The molecule has 1 saturated heterocycles. The summed E-state index contributed by atoms with van der Waals surface area (Å²) in [7, 11) is 0. The molecule has 1 amide bonds. The van der Waals surface area contributed by atoms with Gasteiger partial charge in [0.05, 0.1) is 0 Å². The number of H-pyrrole nitrogens is 1. The second-order valence-electron chi connectivity index (χ2n) is 6.94. The molecule has 4 rings (SSSR count). The Bertz CT molecular complexity index is 731. The van der Waals surface area contributed by atoms with Crippen LogP contribution in [0, 0.1) is 0 Å². The molecule has 2 aliphatic rings. The summed E-state index contributed by atoms with van der Waals surface area (Å²) in [4.78, 5) is 14.9. The van der Waals surface area contributed by atoms with Gasteiger partial charge in [-0.3, -0.25) is 14.8 Å². The van der Waals surface area contributed by atoms with E-state index in [1.807, 2.05) is 0 Å². The lowest BCUT2D eigenvalue weighted by Gasteiger charge is -2.15. The van der Waals surface area contributed by atoms with Crippen LogP contribution in [0.5, 0.6) is 0 Å². The van der Waals surface area contributed by atoms with Crippen LogP contribution in [0.25, 0.3) is 0 Å². The summed E-state index contributed by atoms with van der Waals surface area (Å²) in [5.74, 6) is -0.109. The van der Waals surface area contributed by atoms with E-state index in [-0.39, 0.29) is 5.91 Å². The molecule has 2 aliphatic heterocycles. The fourth-order valence-electron chi connectivity index (χ4n) is 3.64. The molecule has 2 aromatic rings. The highest BCUT2D eigenvalue weighted by atomic mass is 16.1. The molecule has 0 radical (unpaired) electrons. The quantitative estimate of drug-likeness (QED) is 0.773. The molecule has 25 heavy (non-hydrogen) atoms. The van der Waals surface area contributed by atoms with E-state index in [4.69, 9.17) is 0 Å². The summed E-state index contributed by atoms with van der Waals surface area (Å²) in [5.41, 5.74) is 5.05. The number of likely N-dealkylation sites (tertiary alicyclic amines) is 1. The van der Waals surface area contributed by atoms with Gasteiger partial charge in [-0.15, -0.1) is 0 Å². The van der Waals surface area contributed by atoms with Gasteiger partial charge in [-0.2, -0.15) is 5.10 Å². The van der Waals surface area contributed by atoms with Gasteiger partial charge < -0.3 is 10.6 Å². The van der Waals surface area contributed by atoms with E-state index in [0.717, 1.165) is 36.3 Å². The van der Waals surface area contributed by atoms with Crippen molar-refractivity contribution in [3.63, 3.8) is 0 Å². The Morgan fingerprint density at radius 1 is 1.16 bits per heavy atom. The largest absolute Gasteiger partial charge is 0.347 e. The first-order valence-corrected chi connectivity index (χ1v) is 9.15. The number of carbonyl (C=O) groups excluding carboxylic acids is 1. The first kappa shape index (κ1) is 16.3. The predicted octanol–water partition coefficient (Wildman–Crippen LogP) is 1.58. The number of benzene rings is 1. The van der Waals surface area contributed by atoms with Crippen molar-refractivity contribution in [2.75, 3.05) is 19.6 Å². The van der Waals surface area contributed by atoms with E-state index < -0.39 is 0 Å². The van der Waals surface area contributed by atoms with E-state index in [2.05, 4.69) is 50.0 Å². The zero-order valence-corrected chi connectivity index (χ0v) is 14.5. The van der Waals surface area contributed by atoms with Crippen LogP contribution in [0.15, 0.2) is 24.3 Å². The van der Waals surface area contributed by atoms with Crippen LogP contribution in [0.3, 0.4) is 0 Å². The van der Waals surface area contributed by atoms with E-state index in [0.29, 0.717) is 18.8 Å². The molecule has 6 heteroatoms. The summed E-state index contributed by atoms with van der Waals surface area (Å²) in [6.45, 7) is 5.61. The van der Waals surface area contributed by atoms with Gasteiger partial charge in [-0.1, -0.05) is 24.3 Å². The summed E-state index contributed by atoms with van der Waals surface area (Å²) in [6.07, 6.45) is 3.53. The third-order valence-corrected chi connectivity index (χ3v) is 5.10. The molecule has 1 aromatic carbocycles. The average molecular weight is 339 g/mol. The number of fused-ring (bicyclic) bond motifs is 1. The van der Waals surface area contributed by atoms with E-state index in [9.17, 15) is 4.79 Å². The number of hydrogen-bond acceptors (Lipinski definition) is 4. The number of carbonyl (C=O) groups is 1. The third-order valence-electron chi connectivity index (χ3n) is 5.10. The molecular weight excluding hydrogens is 314 g/mol. The molecule has 3 heterocycles. The molecule has 0 unspecified atom stereocenters. The summed E-state index contributed by atoms with van der Waals surface area (Å²) >= 11 is 0. The standard InChI is InChI=1S/C19H25N5O/c25-19(18-16-12-20-8-7-17(16)22-23-18)21-11-14-3-5-15(6-4-14)13-24-9-1-2-10-24/h3-6,20H,1-2,7-13H2,(H,21,25)(H,22,23). The zero-order valence-electron chi connectivity index (χ0n) is 14.5. The van der Waals surface area contributed by atoms with Crippen molar-refractivity contribution < 1.29 is 4.79 Å². The summed E-state index contributed by atoms with van der Waals surface area (Å²) in [6, 6.07) is 8.54. The van der Waals surface area contributed by atoms with Crippen LogP contribution in [-0.2, 0) is 26.1 Å². The van der Waals surface area contributed by atoms with Gasteiger partial charge >= 0.3 is 0 Å². The topological polar surface area (TPSA) is 73.0 Å². The predicted molar refractivity (Wildman–Crippen MR) is 96.1 cm³/mol. The number of nitrogens with zero attached hydrogens (tertiary/aromatic N) is 2. The van der Waals surface area contributed by atoms with Gasteiger partial charge in [0.15, 0.2) is 5.69 Å². The van der Waals surface area contributed by atoms with Gasteiger partial charge in [0, 0.05) is 43.9 Å². The minimum Gasteiger partial charge on any atom is -0.347 e. The molecule has 1 fully saturated rings. The molecule has 132 valence electrons. The number of aromatic nitrogens is 2. The average Bonchev–Trinajstić information content (AvgIpc) is 3.30. The van der Waals surface area contributed by atoms with Crippen LogP contribution in [0.4, 0.5) is 0 Å². The lowest BCUT2D eigenvalue weighted by molar-refractivity contribution is 0.0944. The van der Waals surface area contributed by atoms with Crippen LogP contribution >= 0.6 is 0 Å². The first-order valence-electron chi connectivity index (χ1n) is 9.15. The van der Waals surface area contributed by atoms with Crippen LogP contribution in [0.2, 0.25) is 0 Å². The first-order chi connectivity index (χ1) is 12.3. The summed E-state index contributed by atoms with van der Waals surface area (Å²) in [5, 5.41) is 13.5. The van der Waals surface area contributed by atoms with Crippen LogP contribution in [0.1, 0.15) is 45.7 Å². The number of rotatable bonds is 5. The highest BCUT2D eigenvalue weighted by molar-refractivity contribution is 5.94. The molecule has 0 atom stereocenters. The fraction of sp³-hybridized carbons (Fsp3) is 0.474. The molecule has 1 aromatic heterocycles. The Balaban J connectivity index is 1.33. The van der Waals surface area contributed by atoms with Crippen molar-refractivity contribution >= 4 is 5.91 Å². The van der Waals surface area contributed by atoms with Crippen molar-refractivity contribution in [1.29, 1.82) is 0 Å². The van der Waals surface area contributed by atoms with Crippen LogP contribution in [-0.4, -0.2) is 40.6 Å². The van der Waals surface area contributed by atoms with E-state index >= 15 is 0 Å². The van der Waals surface area contributed by atoms with Crippen molar-refractivity contribution in [3.05, 3.63) is 52.3 Å². The second-order valence-corrected chi connectivity index (χ2v) is 6.94. The lowest BCUT2D eigenvalue weighted by Crippen LogP contribution is -2.28. The molecule has 0 spiro atoms. The number of amides is 1. The number of aromatic amines is 1. The Labute approximate surface area is 148 Å². The van der Waals surface area contributed by atoms with Crippen molar-refractivity contribution in [2.45, 2.75) is 38.9 Å². The normalized spacial score (nSPS) is 17.4. The molecule has 0 bridgehead atoms. The fourth-order valence-corrected chi connectivity index (χ4v) is 3.64. The van der Waals surface area contributed by atoms with Crippen LogP contribution < -0.4 is 10.6 Å². The van der Waals surface area contributed by atoms with Gasteiger partial charge in [0.25, 0.3) is 5.91 Å². The molecular formula is C19H25N5O. The van der Waals surface area contributed by atoms with Crippen molar-refractivity contribution in [3.8, 4) is 0 Å². The maximum absolute atomic E-state index is 12.4. The minimum absolute atomic E-state index is 0.109. The Morgan fingerprint density at radius 3 is 2.72 bits per heavy atom. The summed E-state index contributed by atoms with van der Waals surface area (Å²) < 4.78 is 0. The third kappa shape index (κ3) is 3.75. The molecule has 0 aliphatic carbocycles. The Kier molecular flexibility index (Phi) is 4.81. The lowest BCUT2D eigenvalue weighted by atomic mass is 10.1. The van der Waals surface area contributed by atoms with E-state index in [1.165, 1.54) is 31.5 Å². The maximum atomic E-state index is 12.4. The van der Waals surface area contributed by atoms with Crippen molar-refractivity contribution in [1.82, 2.24) is 25.7 Å². The smallest absolute Gasteiger partial charge is 0.272 e. The highest BCUT2D eigenvalue weighted by Crippen LogP contribution is 2.16. The monoisotopic (exact) mass is 339 g/mol. The van der Waals surface area contributed by atoms with Gasteiger partial charge in [0.1, 0.15) is 0 Å². The maximum Gasteiger partial charge on any atom is 0.272 e. The Hall–Kier alpha value is -2.18. The molecule has 3 N–H and O–H groups in total. The SMILES string of the molecule is O=C(NCc1ccc(CN2CCCC2)cc1)c1n[nH]c2c1CNCC2. The Morgan fingerprint density at radius 2 is 1.92 bits per heavy atom. The van der Waals surface area contributed by atoms with E-state index in [1.54, 1.807) is 0 Å². The highest BCUT2D eigenvalue weighted by Gasteiger charge is 2.21.